The van der Waals surface area contributed by atoms with Gasteiger partial charge in [-0.25, -0.2) is 0 Å². The molecule has 2 heterocycles. The first-order chi connectivity index (χ1) is 15.3. The summed E-state index contributed by atoms with van der Waals surface area (Å²) in [6.07, 6.45) is 0. The molecular weight excluding hydrogens is 412 g/mol. The Morgan fingerprint density at radius 2 is 0.938 bits per heavy atom. The molecule has 2 aliphatic rings. The van der Waals surface area contributed by atoms with Crippen LogP contribution in [0.4, 0.5) is 11.4 Å². The van der Waals surface area contributed by atoms with Crippen LogP contribution in [0.5, 0.6) is 0 Å². The SMILES string of the molecule is CC(=O)N1CCN(CC(=O)Nc2ccc(NC(=O)CN3CCN(C(C)=O)CC3)cc2)CC1. The standard InChI is InChI=1S/C22H32N6O4/c1-17(29)27-11-7-25(8-12-27)15-21(31)23-19-3-5-20(6-4-19)24-22(32)16-26-9-13-28(14-10-26)18(2)30/h3-6H,7-16H2,1-2H3,(H,23,31)(H,24,32). The van der Waals surface area contributed by atoms with Crippen LogP contribution in [0.1, 0.15) is 13.8 Å². The number of carbonyl (C=O) groups excluding carboxylic acids is 4. The number of anilines is 2. The van der Waals surface area contributed by atoms with E-state index in [0.29, 0.717) is 63.7 Å². The first-order valence-electron chi connectivity index (χ1n) is 11.0. The molecule has 0 saturated carbocycles. The molecule has 0 unspecified atom stereocenters. The molecule has 10 heteroatoms. The second-order valence-corrected chi connectivity index (χ2v) is 8.24. The Morgan fingerprint density at radius 1 is 0.625 bits per heavy atom. The van der Waals surface area contributed by atoms with Gasteiger partial charge in [0, 0.05) is 77.6 Å². The lowest BCUT2D eigenvalue weighted by atomic mass is 10.2. The van der Waals surface area contributed by atoms with Crippen LogP contribution in [0.2, 0.25) is 0 Å². The number of nitrogens with one attached hydrogen (secondary N) is 2. The molecule has 174 valence electrons. The molecule has 0 aliphatic carbocycles. The van der Waals surface area contributed by atoms with Crippen molar-refractivity contribution in [2.45, 2.75) is 13.8 Å². The summed E-state index contributed by atoms with van der Waals surface area (Å²) >= 11 is 0. The van der Waals surface area contributed by atoms with Crippen LogP contribution in [0.3, 0.4) is 0 Å². The number of rotatable bonds is 6. The van der Waals surface area contributed by atoms with Gasteiger partial charge in [-0.2, -0.15) is 0 Å². The van der Waals surface area contributed by atoms with Crippen molar-refractivity contribution in [1.82, 2.24) is 19.6 Å². The van der Waals surface area contributed by atoms with E-state index in [4.69, 9.17) is 0 Å². The molecule has 0 radical (unpaired) electrons. The summed E-state index contributed by atoms with van der Waals surface area (Å²) in [5.41, 5.74) is 1.33. The zero-order chi connectivity index (χ0) is 23.1. The lowest BCUT2D eigenvalue weighted by molar-refractivity contribution is -0.131. The van der Waals surface area contributed by atoms with Gasteiger partial charge >= 0.3 is 0 Å². The van der Waals surface area contributed by atoms with Crippen LogP contribution in [0.25, 0.3) is 0 Å². The van der Waals surface area contributed by atoms with Gasteiger partial charge in [0.2, 0.25) is 23.6 Å². The average molecular weight is 445 g/mol. The Hall–Kier alpha value is -2.98. The number of benzene rings is 1. The molecule has 0 atom stereocenters. The molecule has 0 bridgehead atoms. The maximum atomic E-state index is 12.3. The molecule has 2 fully saturated rings. The third-order valence-electron chi connectivity index (χ3n) is 5.82. The van der Waals surface area contributed by atoms with Gasteiger partial charge in [0.1, 0.15) is 0 Å². The lowest BCUT2D eigenvalue weighted by Crippen LogP contribution is -2.49. The maximum Gasteiger partial charge on any atom is 0.238 e. The van der Waals surface area contributed by atoms with Crippen molar-refractivity contribution < 1.29 is 19.2 Å². The maximum absolute atomic E-state index is 12.3. The van der Waals surface area contributed by atoms with Gasteiger partial charge in [-0.1, -0.05) is 0 Å². The zero-order valence-corrected chi connectivity index (χ0v) is 18.8. The second-order valence-electron chi connectivity index (χ2n) is 8.24. The van der Waals surface area contributed by atoms with Crippen molar-refractivity contribution in [1.29, 1.82) is 0 Å². The van der Waals surface area contributed by atoms with Gasteiger partial charge in [0.15, 0.2) is 0 Å². The molecular formula is C22H32N6O4. The smallest absolute Gasteiger partial charge is 0.238 e. The third kappa shape index (κ3) is 7.03. The third-order valence-corrected chi connectivity index (χ3v) is 5.82. The van der Waals surface area contributed by atoms with E-state index in [-0.39, 0.29) is 36.7 Å². The van der Waals surface area contributed by atoms with E-state index in [1.807, 2.05) is 9.80 Å². The summed E-state index contributed by atoms with van der Waals surface area (Å²) in [6.45, 7) is 8.98. The van der Waals surface area contributed by atoms with Crippen LogP contribution < -0.4 is 10.6 Å². The fourth-order valence-electron chi connectivity index (χ4n) is 3.89. The van der Waals surface area contributed by atoms with Crippen LogP contribution >= 0.6 is 0 Å². The van der Waals surface area contributed by atoms with Crippen molar-refractivity contribution in [2.75, 3.05) is 76.1 Å². The average Bonchev–Trinajstić information content (AvgIpc) is 2.76. The zero-order valence-electron chi connectivity index (χ0n) is 18.8. The summed E-state index contributed by atoms with van der Waals surface area (Å²) in [7, 11) is 0. The van der Waals surface area contributed by atoms with E-state index in [1.165, 1.54) is 0 Å². The van der Waals surface area contributed by atoms with Gasteiger partial charge in [0.05, 0.1) is 13.1 Å². The first-order valence-corrected chi connectivity index (χ1v) is 11.0. The molecule has 1 aromatic rings. The Kier molecular flexibility index (Phi) is 8.18. The molecule has 0 spiro atoms. The number of hydrogen-bond acceptors (Lipinski definition) is 6. The van der Waals surface area contributed by atoms with E-state index in [9.17, 15) is 19.2 Å². The largest absolute Gasteiger partial charge is 0.340 e. The molecule has 2 saturated heterocycles. The van der Waals surface area contributed by atoms with E-state index in [1.54, 1.807) is 47.9 Å². The van der Waals surface area contributed by atoms with Crippen molar-refractivity contribution >= 4 is 35.0 Å². The Bertz CT molecular complexity index is 758. The number of carbonyl (C=O) groups is 4. The Labute approximate surface area is 188 Å². The lowest BCUT2D eigenvalue weighted by Gasteiger charge is -2.33. The molecule has 10 nitrogen and oxygen atoms in total. The first kappa shape index (κ1) is 23.7. The number of hydrogen-bond donors (Lipinski definition) is 2. The fraction of sp³-hybridized carbons (Fsp3) is 0.545. The highest BCUT2D eigenvalue weighted by Gasteiger charge is 2.21. The predicted molar refractivity (Wildman–Crippen MR) is 121 cm³/mol. The summed E-state index contributed by atoms with van der Waals surface area (Å²) in [5, 5.41) is 5.74. The monoisotopic (exact) mass is 444 g/mol. The van der Waals surface area contributed by atoms with E-state index >= 15 is 0 Å². The van der Waals surface area contributed by atoms with Crippen LogP contribution in [-0.2, 0) is 19.2 Å². The Balaban J connectivity index is 1.38. The van der Waals surface area contributed by atoms with Crippen molar-refractivity contribution in [3.8, 4) is 0 Å². The molecule has 32 heavy (non-hydrogen) atoms. The molecule has 2 aliphatic heterocycles. The Morgan fingerprint density at radius 3 is 1.22 bits per heavy atom. The van der Waals surface area contributed by atoms with Crippen LogP contribution in [0, 0.1) is 0 Å². The molecule has 3 rings (SSSR count). The van der Waals surface area contributed by atoms with Gasteiger partial charge in [-0.05, 0) is 24.3 Å². The predicted octanol–water partition coefficient (Wildman–Crippen LogP) is -0.108. The van der Waals surface area contributed by atoms with Crippen molar-refractivity contribution in [3.63, 3.8) is 0 Å². The fourth-order valence-corrected chi connectivity index (χ4v) is 3.89. The van der Waals surface area contributed by atoms with Crippen LogP contribution in [0.15, 0.2) is 24.3 Å². The minimum atomic E-state index is -0.109. The van der Waals surface area contributed by atoms with Crippen molar-refractivity contribution in [3.05, 3.63) is 24.3 Å². The summed E-state index contributed by atoms with van der Waals surface area (Å²) < 4.78 is 0. The molecule has 2 N–H and O–H groups in total. The van der Waals surface area contributed by atoms with Crippen molar-refractivity contribution in [2.24, 2.45) is 0 Å². The quantitative estimate of drug-likeness (QED) is 0.635. The van der Waals surface area contributed by atoms with Gasteiger partial charge in [-0.3, -0.25) is 29.0 Å². The highest BCUT2D eigenvalue weighted by Crippen LogP contribution is 2.14. The topological polar surface area (TPSA) is 105 Å². The summed E-state index contributed by atoms with van der Waals surface area (Å²) in [4.78, 5) is 55.0. The van der Waals surface area contributed by atoms with Gasteiger partial charge < -0.3 is 20.4 Å². The van der Waals surface area contributed by atoms with Crippen LogP contribution in [-0.4, -0.2) is 109 Å². The van der Waals surface area contributed by atoms with E-state index in [2.05, 4.69) is 10.6 Å². The minimum absolute atomic E-state index is 0.0665. The number of piperazine rings is 2. The second kappa shape index (κ2) is 11.1. The highest BCUT2D eigenvalue weighted by molar-refractivity contribution is 5.94. The molecule has 1 aromatic carbocycles. The van der Waals surface area contributed by atoms with E-state index in [0.717, 1.165) is 0 Å². The molecule has 4 amide bonds. The number of amides is 4. The summed E-state index contributed by atoms with van der Waals surface area (Å²) in [5.74, 6) is -0.0841. The highest BCUT2D eigenvalue weighted by atomic mass is 16.2. The minimum Gasteiger partial charge on any atom is -0.340 e. The molecule has 0 aromatic heterocycles. The van der Waals surface area contributed by atoms with E-state index < -0.39 is 0 Å². The van der Waals surface area contributed by atoms with Gasteiger partial charge in [-0.15, -0.1) is 0 Å². The van der Waals surface area contributed by atoms with Gasteiger partial charge in [0.25, 0.3) is 0 Å². The summed E-state index contributed by atoms with van der Waals surface area (Å²) in [6, 6.07) is 7.03. The normalized spacial score (nSPS) is 17.7. The number of nitrogens with zero attached hydrogens (tertiary/aromatic N) is 4.